The maximum atomic E-state index is 12.3. The molecular formula is C13H26N2O3. The maximum Gasteiger partial charge on any atom is 0.251 e. The van der Waals surface area contributed by atoms with Gasteiger partial charge in [-0.2, -0.15) is 0 Å². The first-order valence-electron chi connectivity index (χ1n) is 6.81. The quantitative estimate of drug-likeness (QED) is 0.710. The molecule has 5 heteroatoms. The highest BCUT2D eigenvalue weighted by Gasteiger charge is 2.30. The second-order valence-corrected chi connectivity index (χ2v) is 4.72. The Bertz CT molecular complexity index is 261. The molecule has 0 bridgehead atoms. The Morgan fingerprint density at radius 1 is 1.44 bits per heavy atom. The zero-order valence-electron chi connectivity index (χ0n) is 11.9. The number of amides is 1. The topological polar surface area (TPSA) is 50.8 Å². The summed E-state index contributed by atoms with van der Waals surface area (Å²) in [5, 5.41) is 3.36. The van der Waals surface area contributed by atoms with Crippen molar-refractivity contribution in [3.63, 3.8) is 0 Å². The molecule has 3 unspecified atom stereocenters. The molecule has 0 aromatic carbocycles. The molecular weight excluding hydrogens is 232 g/mol. The van der Waals surface area contributed by atoms with Crippen LogP contribution < -0.4 is 5.32 Å². The van der Waals surface area contributed by atoms with Crippen molar-refractivity contribution in [1.82, 2.24) is 10.2 Å². The zero-order valence-corrected chi connectivity index (χ0v) is 11.9. The Morgan fingerprint density at radius 2 is 2.17 bits per heavy atom. The highest BCUT2D eigenvalue weighted by Crippen LogP contribution is 2.11. The molecule has 0 aromatic heterocycles. The van der Waals surface area contributed by atoms with E-state index in [9.17, 15) is 4.79 Å². The molecule has 5 nitrogen and oxygen atoms in total. The van der Waals surface area contributed by atoms with Gasteiger partial charge in [0.2, 0.25) is 0 Å². The third-order valence-electron chi connectivity index (χ3n) is 3.46. The fourth-order valence-corrected chi connectivity index (χ4v) is 2.10. The summed E-state index contributed by atoms with van der Waals surface area (Å²) in [6.07, 6.45) is -0.391. The number of nitrogens with one attached hydrogen (secondary N) is 1. The number of hydrogen-bond donors (Lipinski definition) is 1. The molecule has 1 aliphatic heterocycles. The Labute approximate surface area is 110 Å². The normalized spacial score (nSPS) is 26.1. The minimum Gasteiger partial charge on any atom is -0.379 e. The van der Waals surface area contributed by atoms with Gasteiger partial charge in [-0.3, -0.25) is 4.79 Å². The minimum atomic E-state index is -0.391. The van der Waals surface area contributed by atoms with Gasteiger partial charge in [0.1, 0.15) is 6.10 Å². The molecule has 1 heterocycles. The first-order chi connectivity index (χ1) is 8.57. The summed E-state index contributed by atoms with van der Waals surface area (Å²) in [4.78, 5) is 14.2. The molecule has 1 rings (SSSR count). The van der Waals surface area contributed by atoms with Crippen molar-refractivity contribution in [2.24, 2.45) is 0 Å². The average Bonchev–Trinajstić information content (AvgIpc) is 2.37. The largest absolute Gasteiger partial charge is 0.379 e. The third kappa shape index (κ3) is 4.23. The molecule has 1 amide bonds. The van der Waals surface area contributed by atoms with E-state index in [0.29, 0.717) is 25.9 Å². The van der Waals surface area contributed by atoms with Gasteiger partial charge in [-0.15, -0.1) is 0 Å². The van der Waals surface area contributed by atoms with Crippen molar-refractivity contribution in [1.29, 1.82) is 0 Å². The number of rotatable bonds is 6. The molecule has 0 aromatic rings. The fourth-order valence-electron chi connectivity index (χ4n) is 2.10. The van der Waals surface area contributed by atoms with Crippen LogP contribution in [0, 0.1) is 0 Å². The van der Waals surface area contributed by atoms with Crippen LogP contribution in [0.5, 0.6) is 0 Å². The van der Waals surface area contributed by atoms with Crippen LogP contribution in [-0.2, 0) is 14.3 Å². The van der Waals surface area contributed by atoms with Gasteiger partial charge in [0.25, 0.3) is 5.91 Å². The molecule has 1 fully saturated rings. The maximum absolute atomic E-state index is 12.3. The van der Waals surface area contributed by atoms with Crippen LogP contribution in [0.1, 0.15) is 27.7 Å². The molecule has 0 aliphatic carbocycles. The van der Waals surface area contributed by atoms with E-state index in [1.165, 1.54) is 0 Å². The molecule has 3 atom stereocenters. The standard InChI is InChI=1S/C13H26N2O3/c1-5-17-8-9-18-12(4)13(16)15-7-6-14-10(2)11(15)3/h10-12,14H,5-9H2,1-4H3. The monoisotopic (exact) mass is 258 g/mol. The van der Waals surface area contributed by atoms with Crippen molar-refractivity contribution < 1.29 is 14.3 Å². The Hall–Kier alpha value is -0.650. The van der Waals surface area contributed by atoms with Crippen molar-refractivity contribution >= 4 is 5.91 Å². The average molecular weight is 258 g/mol. The highest BCUT2D eigenvalue weighted by molar-refractivity contribution is 5.81. The van der Waals surface area contributed by atoms with Crippen LogP contribution in [0.2, 0.25) is 0 Å². The molecule has 0 saturated carbocycles. The summed E-state index contributed by atoms with van der Waals surface area (Å²) < 4.78 is 10.7. The van der Waals surface area contributed by atoms with E-state index < -0.39 is 6.10 Å². The van der Waals surface area contributed by atoms with Gasteiger partial charge in [0.05, 0.1) is 13.2 Å². The van der Waals surface area contributed by atoms with E-state index in [0.717, 1.165) is 13.1 Å². The first-order valence-corrected chi connectivity index (χ1v) is 6.81. The second kappa shape index (κ2) is 7.71. The molecule has 1 N–H and O–H groups in total. The van der Waals surface area contributed by atoms with Gasteiger partial charge in [0, 0.05) is 31.8 Å². The van der Waals surface area contributed by atoms with Gasteiger partial charge in [-0.1, -0.05) is 0 Å². The SMILES string of the molecule is CCOCCOC(C)C(=O)N1CCNC(C)C1C. The van der Waals surface area contributed by atoms with Crippen LogP contribution in [-0.4, -0.2) is 61.9 Å². The van der Waals surface area contributed by atoms with E-state index in [1.807, 2.05) is 18.7 Å². The summed E-state index contributed by atoms with van der Waals surface area (Å²) >= 11 is 0. The molecule has 1 saturated heterocycles. The molecule has 0 radical (unpaired) electrons. The Kier molecular flexibility index (Phi) is 6.60. The summed E-state index contributed by atoms with van der Waals surface area (Å²) in [6.45, 7) is 11.2. The summed E-state index contributed by atoms with van der Waals surface area (Å²) in [6, 6.07) is 0.544. The second-order valence-electron chi connectivity index (χ2n) is 4.72. The van der Waals surface area contributed by atoms with Gasteiger partial charge in [0.15, 0.2) is 0 Å². The lowest BCUT2D eigenvalue weighted by atomic mass is 10.1. The lowest BCUT2D eigenvalue weighted by Crippen LogP contribution is -2.59. The summed E-state index contributed by atoms with van der Waals surface area (Å²) in [7, 11) is 0. The van der Waals surface area contributed by atoms with Crippen LogP contribution in [0.15, 0.2) is 0 Å². The number of hydrogen-bond acceptors (Lipinski definition) is 4. The van der Waals surface area contributed by atoms with E-state index in [2.05, 4.69) is 19.2 Å². The minimum absolute atomic E-state index is 0.0762. The van der Waals surface area contributed by atoms with Crippen LogP contribution in [0.4, 0.5) is 0 Å². The molecule has 1 aliphatic rings. The van der Waals surface area contributed by atoms with Gasteiger partial charge < -0.3 is 19.7 Å². The van der Waals surface area contributed by atoms with Crippen molar-refractivity contribution in [2.75, 3.05) is 32.9 Å². The van der Waals surface area contributed by atoms with E-state index in [-0.39, 0.29) is 11.9 Å². The Balaban J connectivity index is 2.37. The van der Waals surface area contributed by atoms with Gasteiger partial charge in [-0.25, -0.2) is 0 Å². The predicted octanol–water partition coefficient (Wildman–Crippen LogP) is 0.637. The Morgan fingerprint density at radius 3 is 2.83 bits per heavy atom. The summed E-state index contributed by atoms with van der Waals surface area (Å²) in [5.74, 6) is 0.0762. The molecule has 106 valence electrons. The molecule has 0 spiro atoms. The van der Waals surface area contributed by atoms with Crippen LogP contribution >= 0.6 is 0 Å². The van der Waals surface area contributed by atoms with Crippen LogP contribution in [0.3, 0.4) is 0 Å². The number of carbonyl (C=O) groups excluding carboxylic acids is 1. The lowest BCUT2D eigenvalue weighted by molar-refractivity contribution is -0.147. The smallest absolute Gasteiger partial charge is 0.251 e. The first kappa shape index (κ1) is 15.4. The van der Waals surface area contributed by atoms with E-state index in [4.69, 9.17) is 9.47 Å². The zero-order chi connectivity index (χ0) is 13.5. The number of nitrogens with zero attached hydrogens (tertiary/aromatic N) is 1. The van der Waals surface area contributed by atoms with Crippen LogP contribution in [0.25, 0.3) is 0 Å². The van der Waals surface area contributed by atoms with Gasteiger partial charge in [-0.05, 0) is 27.7 Å². The van der Waals surface area contributed by atoms with E-state index in [1.54, 1.807) is 0 Å². The summed E-state index contributed by atoms with van der Waals surface area (Å²) in [5.41, 5.74) is 0. The lowest BCUT2D eigenvalue weighted by Gasteiger charge is -2.39. The number of carbonyl (C=O) groups is 1. The third-order valence-corrected chi connectivity index (χ3v) is 3.46. The van der Waals surface area contributed by atoms with Gasteiger partial charge >= 0.3 is 0 Å². The van der Waals surface area contributed by atoms with Crippen molar-refractivity contribution in [2.45, 2.75) is 45.9 Å². The molecule has 18 heavy (non-hydrogen) atoms. The van der Waals surface area contributed by atoms with Crippen molar-refractivity contribution in [3.05, 3.63) is 0 Å². The van der Waals surface area contributed by atoms with Crippen molar-refractivity contribution in [3.8, 4) is 0 Å². The number of ether oxygens (including phenoxy) is 2. The highest BCUT2D eigenvalue weighted by atomic mass is 16.5. The van der Waals surface area contributed by atoms with E-state index >= 15 is 0 Å². The fraction of sp³-hybridized carbons (Fsp3) is 0.923. The predicted molar refractivity (Wildman–Crippen MR) is 70.5 cm³/mol. The number of piperazine rings is 1.